The standard InChI is InChI=1S/C19H18N4O3/c1-25-16-8-6-14(7-9-16)22-19-20-11-10-17(23-19)21-15-5-3-4-13(12-15)18(24)26-2/h3-12H,1-2H3,(H2,20,21,22,23). The molecule has 26 heavy (non-hydrogen) atoms. The van der Waals surface area contributed by atoms with Gasteiger partial charge in [0.2, 0.25) is 5.95 Å². The SMILES string of the molecule is COC(=O)c1cccc(Nc2ccnc(Nc3ccc(OC)cc3)n2)c1. The lowest BCUT2D eigenvalue weighted by atomic mass is 10.2. The summed E-state index contributed by atoms with van der Waals surface area (Å²) in [5.74, 6) is 1.43. The van der Waals surface area contributed by atoms with E-state index in [9.17, 15) is 4.79 Å². The van der Waals surface area contributed by atoms with Crippen molar-refractivity contribution in [2.45, 2.75) is 0 Å². The third kappa shape index (κ3) is 4.27. The number of benzene rings is 2. The zero-order chi connectivity index (χ0) is 18.4. The largest absolute Gasteiger partial charge is 0.497 e. The van der Waals surface area contributed by atoms with Crippen molar-refractivity contribution < 1.29 is 14.3 Å². The molecule has 0 amide bonds. The van der Waals surface area contributed by atoms with Gasteiger partial charge in [0, 0.05) is 17.6 Å². The Morgan fingerprint density at radius 2 is 1.77 bits per heavy atom. The Bertz CT molecular complexity index is 897. The molecule has 2 N–H and O–H groups in total. The van der Waals surface area contributed by atoms with E-state index in [1.54, 1.807) is 37.6 Å². The molecule has 3 rings (SSSR count). The summed E-state index contributed by atoms with van der Waals surface area (Å²) in [7, 11) is 2.97. The Balaban J connectivity index is 1.73. The topological polar surface area (TPSA) is 85.4 Å². The van der Waals surface area contributed by atoms with Crippen LogP contribution >= 0.6 is 0 Å². The number of hydrogen-bond acceptors (Lipinski definition) is 7. The van der Waals surface area contributed by atoms with Gasteiger partial charge in [0.1, 0.15) is 11.6 Å². The van der Waals surface area contributed by atoms with Crippen LogP contribution in [-0.2, 0) is 4.74 Å². The lowest BCUT2D eigenvalue weighted by molar-refractivity contribution is 0.0601. The van der Waals surface area contributed by atoms with Crippen LogP contribution in [0, 0.1) is 0 Å². The van der Waals surface area contributed by atoms with Crippen molar-refractivity contribution in [1.82, 2.24) is 9.97 Å². The molecule has 0 radical (unpaired) electrons. The van der Waals surface area contributed by atoms with Crippen LogP contribution in [0.1, 0.15) is 10.4 Å². The number of hydrogen-bond donors (Lipinski definition) is 2. The first-order chi connectivity index (χ1) is 12.7. The fourth-order valence-electron chi connectivity index (χ4n) is 2.28. The van der Waals surface area contributed by atoms with Gasteiger partial charge in [0.15, 0.2) is 0 Å². The fourth-order valence-corrected chi connectivity index (χ4v) is 2.28. The first-order valence-corrected chi connectivity index (χ1v) is 7.87. The summed E-state index contributed by atoms with van der Waals surface area (Å²) < 4.78 is 9.87. The monoisotopic (exact) mass is 350 g/mol. The molecular formula is C19H18N4O3. The molecule has 0 saturated carbocycles. The van der Waals surface area contributed by atoms with Gasteiger partial charge in [0.25, 0.3) is 0 Å². The summed E-state index contributed by atoms with van der Waals surface area (Å²) in [4.78, 5) is 20.3. The molecular weight excluding hydrogens is 332 g/mol. The Morgan fingerprint density at radius 3 is 2.50 bits per heavy atom. The molecule has 7 heteroatoms. The van der Waals surface area contributed by atoms with Crippen molar-refractivity contribution in [1.29, 1.82) is 0 Å². The predicted molar refractivity (Wildman–Crippen MR) is 99.4 cm³/mol. The van der Waals surface area contributed by atoms with Gasteiger partial charge in [-0.3, -0.25) is 0 Å². The van der Waals surface area contributed by atoms with E-state index < -0.39 is 5.97 Å². The lowest BCUT2D eigenvalue weighted by Crippen LogP contribution is -2.03. The molecule has 0 aliphatic carbocycles. The van der Waals surface area contributed by atoms with Crippen LogP contribution in [0.25, 0.3) is 0 Å². The maximum Gasteiger partial charge on any atom is 0.337 e. The zero-order valence-electron chi connectivity index (χ0n) is 14.4. The van der Waals surface area contributed by atoms with Crippen LogP contribution in [-0.4, -0.2) is 30.2 Å². The highest BCUT2D eigenvalue weighted by Gasteiger charge is 2.06. The minimum atomic E-state index is -0.391. The number of anilines is 4. The molecule has 2 aromatic carbocycles. The Morgan fingerprint density at radius 1 is 0.962 bits per heavy atom. The van der Waals surface area contributed by atoms with E-state index in [0.29, 0.717) is 17.3 Å². The average molecular weight is 350 g/mol. The molecule has 3 aromatic rings. The second-order valence-electron chi connectivity index (χ2n) is 5.32. The van der Waals surface area contributed by atoms with Gasteiger partial charge in [-0.2, -0.15) is 4.98 Å². The van der Waals surface area contributed by atoms with Gasteiger partial charge < -0.3 is 20.1 Å². The molecule has 0 bridgehead atoms. The molecule has 1 aromatic heterocycles. The summed E-state index contributed by atoms with van der Waals surface area (Å²) in [6.45, 7) is 0. The van der Waals surface area contributed by atoms with E-state index in [0.717, 1.165) is 17.1 Å². The van der Waals surface area contributed by atoms with Crippen molar-refractivity contribution >= 4 is 29.1 Å². The molecule has 0 aliphatic rings. The number of nitrogens with one attached hydrogen (secondary N) is 2. The van der Waals surface area contributed by atoms with Gasteiger partial charge in [-0.05, 0) is 48.5 Å². The molecule has 0 atom stereocenters. The normalized spacial score (nSPS) is 10.1. The smallest absolute Gasteiger partial charge is 0.337 e. The van der Waals surface area contributed by atoms with Crippen LogP contribution < -0.4 is 15.4 Å². The van der Waals surface area contributed by atoms with Gasteiger partial charge in [0.05, 0.1) is 19.8 Å². The van der Waals surface area contributed by atoms with E-state index in [1.807, 2.05) is 30.3 Å². The maximum atomic E-state index is 11.6. The number of carbonyl (C=O) groups is 1. The van der Waals surface area contributed by atoms with Crippen molar-refractivity contribution in [2.75, 3.05) is 24.9 Å². The molecule has 0 saturated heterocycles. The van der Waals surface area contributed by atoms with Crippen LogP contribution in [0.5, 0.6) is 5.75 Å². The number of ether oxygens (including phenoxy) is 2. The second-order valence-corrected chi connectivity index (χ2v) is 5.32. The van der Waals surface area contributed by atoms with Gasteiger partial charge in [-0.1, -0.05) is 6.07 Å². The van der Waals surface area contributed by atoms with E-state index in [-0.39, 0.29) is 0 Å². The molecule has 0 unspecified atom stereocenters. The van der Waals surface area contributed by atoms with Crippen molar-refractivity contribution in [2.24, 2.45) is 0 Å². The minimum Gasteiger partial charge on any atom is -0.497 e. The van der Waals surface area contributed by atoms with Crippen molar-refractivity contribution in [3.63, 3.8) is 0 Å². The fraction of sp³-hybridized carbons (Fsp3) is 0.105. The average Bonchev–Trinajstić information content (AvgIpc) is 2.68. The lowest BCUT2D eigenvalue weighted by Gasteiger charge is -2.09. The van der Waals surface area contributed by atoms with E-state index >= 15 is 0 Å². The van der Waals surface area contributed by atoms with Gasteiger partial charge in [-0.25, -0.2) is 9.78 Å². The first-order valence-electron chi connectivity index (χ1n) is 7.87. The first kappa shape index (κ1) is 17.2. The summed E-state index contributed by atoms with van der Waals surface area (Å²) in [6, 6.07) is 16.2. The quantitative estimate of drug-likeness (QED) is 0.655. The summed E-state index contributed by atoms with van der Waals surface area (Å²) in [5.41, 5.74) is 2.03. The van der Waals surface area contributed by atoms with E-state index in [4.69, 9.17) is 9.47 Å². The molecule has 0 spiro atoms. The third-order valence-corrected chi connectivity index (χ3v) is 3.56. The summed E-state index contributed by atoms with van der Waals surface area (Å²) in [6.07, 6.45) is 1.64. The van der Waals surface area contributed by atoms with Crippen molar-refractivity contribution in [3.05, 3.63) is 66.4 Å². The molecule has 0 fully saturated rings. The highest BCUT2D eigenvalue weighted by molar-refractivity contribution is 5.90. The predicted octanol–water partition coefficient (Wildman–Crippen LogP) is 3.76. The number of carbonyl (C=O) groups excluding carboxylic acids is 1. The number of nitrogens with zero attached hydrogens (tertiary/aromatic N) is 2. The van der Waals surface area contributed by atoms with Gasteiger partial charge >= 0.3 is 5.97 Å². The highest BCUT2D eigenvalue weighted by Crippen LogP contribution is 2.20. The van der Waals surface area contributed by atoms with Crippen LogP contribution in [0.15, 0.2) is 60.8 Å². The number of methoxy groups -OCH3 is 2. The van der Waals surface area contributed by atoms with Gasteiger partial charge in [-0.15, -0.1) is 0 Å². The zero-order valence-corrected chi connectivity index (χ0v) is 14.4. The Labute approximate surface area is 151 Å². The van der Waals surface area contributed by atoms with Crippen LogP contribution in [0.3, 0.4) is 0 Å². The molecule has 0 aliphatic heterocycles. The van der Waals surface area contributed by atoms with Crippen LogP contribution in [0.2, 0.25) is 0 Å². The minimum absolute atomic E-state index is 0.391. The number of esters is 1. The molecule has 132 valence electrons. The molecule has 1 heterocycles. The second kappa shape index (κ2) is 7.98. The Hall–Kier alpha value is -3.61. The highest BCUT2D eigenvalue weighted by atomic mass is 16.5. The summed E-state index contributed by atoms with van der Waals surface area (Å²) in [5, 5.41) is 6.28. The number of aromatic nitrogens is 2. The third-order valence-electron chi connectivity index (χ3n) is 3.56. The van der Waals surface area contributed by atoms with Crippen LogP contribution in [0.4, 0.5) is 23.1 Å². The number of rotatable bonds is 6. The Kier molecular flexibility index (Phi) is 5.28. The van der Waals surface area contributed by atoms with E-state index in [2.05, 4.69) is 20.6 Å². The summed E-state index contributed by atoms with van der Waals surface area (Å²) >= 11 is 0. The molecule has 7 nitrogen and oxygen atoms in total. The maximum absolute atomic E-state index is 11.6. The van der Waals surface area contributed by atoms with E-state index in [1.165, 1.54) is 7.11 Å². The van der Waals surface area contributed by atoms with Crippen molar-refractivity contribution in [3.8, 4) is 5.75 Å².